The summed E-state index contributed by atoms with van der Waals surface area (Å²) in [5.41, 5.74) is 0.844. The second kappa shape index (κ2) is 6.35. The number of epoxide rings is 2. The molecule has 7 aliphatic rings. The van der Waals surface area contributed by atoms with Crippen LogP contribution in [-0.2, 0) is 18.9 Å². The van der Waals surface area contributed by atoms with Crippen LogP contribution in [0.3, 0.4) is 0 Å². The Kier molecular flexibility index (Phi) is 3.98. The van der Waals surface area contributed by atoms with Gasteiger partial charge in [0.15, 0.2) is 0 Å². The van der Waals surface area contributed by atoms with E-state index >= 15 is 0 Å². The molecule has 0 aromatic heterocycles. The zero-order valence-corrected chi connectivity index (χ0v) is 14.5. The van der Waals surface area contributed by atoms with Crippen LogP contribution >= 0.6 is 0 Å². The Morgan fingerprint density at radius 1 is 0.654 bits per heavy atom. The summed E-state index contributed by atoms with van der Waals surface area (Å²) in [4.78, 5) is 24.3. The predicted molar refractivity (Wildman–Crippen MR) is 89.8 cm³/mol. The Labute approximate surface area is 151 Å². The quantitative estimate of drug-likeness (QED) is 0.523. The molecule has 1 aromatic carbocycles. The SMILES string of the molecule is O=C1OCC2OC2C2CCC(CC2)C2OC2COC(=O)c2ccc1cc2. The third-order valence-corrected chi connectivity index (χ3v) is 6.10. The van der Waals surface area contributed by atoms with Gasteiger partial charge in [-0.1, -0.05) is 0 Å². The van der Waals surface area contributed by atoms with Gasteiger partial charge in [0.2, 0.25) is 0 Å². The topological polar surface area (TPSA) is 77.7 Å². The van der Waals surface area contributed by atoms with E-state index in [1.807, 2.05) is 0 Å². The molecule has 2 saturated heterocycles. The molecule has 4 unspecified atom stereocenters. The van der Waals surface area contributed by atoms with Gasteiger partial charge in [0, 0.05) is 0 Å². The minimum atomic E-state index is -0.391. The molecule has 0 N–H and O–H groups in total. The third kappa shape index (κ3) is 3.12. The molecule has 1 saturated carbocycles. The Bertz CT molecular complexity index is 645. The number of ether oxygens (including phenoxy) is 4. The van der Waals surface area contributed by atoms with E-state index in [0.717, 1.165) is 25.7 Å². The van der Waals surface area contributed by atoms with Crippen molar-refractivity contribution in [2.24, 2.45) is 11.8 Å². The van der Waals surface area contributed by atoms with Crippen molar-refractivity contribution in [3.8, 4) is 0 Å². The molecule has 138 valence electrons. The van der Waals surface area contributed by atoms with Gasteiger partial charge in [-0.05, 0) is 61.8 Å². The van der Waals surface area contributed by atoms with E-state index in [2.05, 4.69) is 0 Å². The number of esters is 2. The Balaban J connectivity index is 1.32. The van der Waals surface area contributed by atoms with Crippen molar-refractivity contribution in [2.45, 2.75) is 50.1 Å². The van der Waals surface area contributed by atoms with Crippen LogP contribution in [0.1, 0.15) is 46.4 Å². The van der Waals surface area contributed by atoms with Crippen molar-refractivity contribution in [2.75, 3.05) is 13.2 Å². The molecule has 1 aliphatic carbocycles. The van der Waals surface area contributed by atoms with E-state index in [4.69, 9.17) is 18.9 Å². The van der Waals surface area contributed by atoms with Gasteiger partial charge < -0.3 is 18.9 Å². The Hall–Kier alpha value is -1.92. The van der Waals surface area contributed by atoms with Crippen molar-refractivity contribution in [3.05, 3.63) is 35.4 Å². The highest BCUT2D eigenvalue weighted by Gasteiger charge is 2.50. The normalized spacial score (nSPS) is 39.1. The number of rotatable bonds is 0. The summed E-state index contributed by atoms with van der Waals surface area (Å²) in [5.74, 6) is 0.308. The fraction of sp³-hybridized carbons (Fsp3) is 0.600. The van der Waals surface area contributed by atoms with Gasteiger partial charge in [0.05, 0.1) is 23.3 Å². The number of carbonyl (C=O) groups excluding carboxylic acids is 2. The third-order valence-electron chi connectivity index (χ3n) is 6.10. The van der Waals surface area contributed by atoms with E-state index in [0.29, 0.717) is 36.2 Å². The number of hydrogen-bond donors (Lipinski definition) is 0. The minimum Gasteiger partial charge on any atom is -0.459 e. The molecule has 6 aliphatic heterocycles. The summed E-state index contributed by atoms with van der Waals surface area (Å²) in [6.07, 6.45) is 4.97. The van der Waals surface area contributed by atoms with E-state index < -0.39 is 11.9 Å². The predicted octanol–water partition coefficient (Wildman–Crippen LogP) is 2.36. The standard InChI is InChI=1S/C20H22O6/c21-19-13-5-7-14(8-6-13)20(22)24-10-16-18(26-16)12-2-1-11(3-4-12)17-15(25-17)9-23-19/h5-8,11-12,15-18H,1-4,9-10H2. The summed E-state index contributed by atoms with van der Waals surface area (Å²) in [7, 11) is 0. The molecule has 0 amide bonds. The maximum Gasteiger partial charge on any atom is 0.338 e. The summed E-state index contributed by atoms with van der Waals surface area (Å²) in [6, 6.07) is 6.36. The lowest BCUT2D eigenvalue weighted by molar-refractivity contribution is 0.0463. The number of hydrogen-bond acceptors (Lipinski definition) is 6. The first-order valence-corrected chi connectivity index (χ1v) is 9.44. The van der Waals surface area contributed by atoms with E-state index in [1.165, 1.54) is 0 Å². The van der Waals surface area contributed by atoms with Gasteiger partial charge in [0.25, 0.3) is 0 Å². The molecular weight excluding hydrogens is 336 g/mol. The van der Waals surface area contributed by atoms with Gasteiger partial charge in [-0.15, -0.1) is 0 Å². The largest absolute Gasteiger partial charge is 0.459 e. The van der Waals surface area contributed by atoms with Gasteiger partial charge in [-0.2, -0.15) is 0 Å². The van der Waals surface area contributed by atoms with E-state index in [9.17, 15) is 9.59 Å². The molecule has 1 aromatic rings. The summed E-state index contributed by atoms with van der Waals surface area (Å²) in [5, 5.41) is 0. The van der Waals surface area contributed by atoms with Gasteiger partial charge >= 0.3 is 11.9 Å². The molecule has 4 bridgehead atoms. The molecule has 0 radical (unpaired) electrons. The lowest BCUT2D eigenvalue weighted by Gasteiger charge is -2.26. The average Bonchev–Trinajstić information content (AvgIpc) is 3.59. The Morgan fingerprint density at radius 2 is 1.04 bits per heavy atom. The van der Waals surface area contributed by atoms with Crippen LogP contribution in [0.25, 0.3) is 0 Å². The Morgan fingerprint density at radius 3 is 1.42 bits per heavy atom. The second-order valence-electron chi connectivity index (χ2n) is 7.73. The summed E-state index contributed by atoms with van der Waals surface area (Å²) < 4.78 is 22.3. The molecule has 6 heterocycles. The minimum absolute atomic E-state index is 0.0264. The van der Waals surface area contributed by atoms with Crippen LogP contribution in [-0.4, -0.2) is 49.6 Å². The first kappa shape index (κ1) is 16.3. The monoisotopic (exact) mass is 358 g/mol. The molecule has 3 fully saturated rings. The van der Waals surface area contributed by atoms with Crippen molar-refractivity contribution in [1.82, 2.24) is 0 Å². The van der Waals surface area contributed by atoms with Gasteiger partial charge in [-0.3, -0.25) is 0 Å². The summed E-state index contributed by atoms with van der Waals surface area (Å²) in [6.45, 7) is 0.585. The van der Waals surface area contributed by atoms with Crippen LogP contribution in [0, 0.1) is 11.8 Å². The summed E-state index contributed by atoms with van der Waals surface area (Å²) >= 11 is 0. The van der Waals surface area contributed by atoms with Gasteiger partial charge in [0.1, 0.15) is 25.4 Å². The first-order chi connectivity index (χ1) is 12.7. The highest BCUT2D eigenvalue weighted by Crippen LogP contribution is 2.45. The molecule has 8 rings (SSSR count). The van der Waals surface area contributed by atoms with Crippen LogP contribution in [0.5, 0.6) is 0 Å². The molecule has 26 heavy (non-hydrogen) atoms. The second-order valence-corrected chi connectivity index (χ2v) is 7.73. The molecule has 6 heteroatoms. The molecule has 6 nitrogen and oxygen atoms in total. The van der Waals surface area contributed by atoms with Crippen molar-refractivity contribution < 1.29 is 28.5 Å². The average molecular weight is 358 g/mol. The number of carbonyl (C=O) groups is 2. The zero-order chi connectivity index (χ0) is 17.7. The van der Waals surface area contributed by atoms with Crippen LogP contribution in [0.2, 0.25) is 0 Å². The van der Waals surface area contributed by atoms with Crippen LogP contribution < -0.4 is 0 Å². The van der Waals surface area contributed by atoms with Crippen molar-refractivity contribution in [3.63, 3.8) is 0 Å². The molecular formula is C20H22O6. The lowest BCUT2D eigenvalue weighted by Crippen LogP contribution is -2.25. The highest BCUT2D eigenvalue weighted by molar-refractivity contribution is 5.93. The van der Waals surface area contributed by atoms with Crippen LogP contribution in [0.15, 0.2) is 24.3 Å². The lowest BCUT2D eigenvalue weighted by atomic mass is 9.78. The van der Waals surface area contributed by atoms with E-state index in [1.54, 1.807) is 24.3 Å². The highest BCUT2D eigenvalue weighted by atomic mass is 16.6. The fourth-order valence-electron chi connectivity index (χ4n) is 4.44. The maximum atomic E-state index is 12.2. The maximum absolute atomic E-state index is 12.2. The molecule has 4 atom stereocenters. The van der Waals surface area contributed by atoms with Crippen LogP contribution in [0.4, 0.5) is 0 Å². The zero-order valence-electron chi connectivity index (χ0n) is 14.5. The van der Waals surface area contributed by atoms with Gasteiger partial charge in [-0.25, -0.2) is 9.59 Å². The fourth-order valence-corrected chi connectivity index (χ4v) is 4.44. The smallest absolute Gasteiger partial charge is 0.338 e. The molecule has 0 spiro atoms. The first-order valence-electron chi connectivity index (χ1n) is 9.44. The van der Waals surface area contributed by atoms with Crippen molar-refractivity contribution >= 4 is 11.9 Å². The number of benzene rings is 1. The van der Waals surface area contributed by atoms with Crippen molar-refractivity contribution in [1.29, 1.82) is 0 Å². The van der Waals surface area contributed by atoms with E-state index in [-0.39, 0.29) is 24.4 Å².